The minimum absolute atomic E-state index is 0.0599. The molecule has 140 valence electrons. The summed E-state index contributed by atoms with van der Waals surface area (Å²) in [4.78, 5) is 38.5. The van der Waals surface area contributed by atoms with Gasteiger partial charge in [-0.05, 0) is 43.6 Å². The van der Waals surface area contributed by atoms with Gasteiger partial charge in [0, 0.05) is 25.4 Å². The minimum Gasteiger partial charge on any atom is -0.497 e. The van der Waals surface area contributed by atoms with Gasteiger partial charge in [-0.3, -0.25) is 19.7 Å². The highest BCUT2D eigenvalue weighted by molar-refractivity contribution is 5.99. The molecule has 1 aromatic carbocycles. The average Bonchev–Trinajstić information content (AvgIpc) is 3.03. The van der Waals surface area contributed by atoms with E-state index in [0.717, 1.165) is 37.2 Å². The Kier molecular flexibility index (Phi) is 5.88. The van der Waals surface area contributed by atoms with Crippen LogP contribution in [0.4, 0.5) is 0 Å². The molecule has 0 aliphatic carbocycles. The van der Waals surface area contributed by atoms with Crippen molar-refractivity contribution < 1.29 is 19.1 Å². The molecule has 1 atom stereocenters. The van der Waals surface area contributed by atoms with Crippen LogP contribution in [-0.4, -0.2) is 49.4 Å². The van der Waals surface area contributed by atoms with Gasteiger partial charge < -0.3 is 15.0 Å². The lowest BCUT2D eigenvalue weighted by Crippen LogP contribution is -2.43. The van der Waals surface area contributed by atoms with E-state index in [-0.39, 0.29) is 30.1 Å². The summed E-state index contributed by atoms with van der Waals surface area (Å²) in [6.45, 7) is 2.39. The predicted molar refractivity (Wildman–Crippen MR) is 95.3 cm³/mol. The number of hydrogen-bond acceptors (Lipinski definition) is 5. The SMILES string of the molecule is COc1ccc(CN2CC(C(=O)NC(=O)C3CCNCC3)CC2=O)cc1. The maximum Gasteiger partial charge on any atom is 0.231 e. The van der Waals surface area contributed by atoms with E-state index in [9.17, 15) is 14.4 Å². The summed E-state index contributed by atoms with van der Waals surface area (Å²) in [5, 5.41) is 5.71. The van der Waals surface area contributed by atoms with Gasteiger partial charge in [-0.15, -0.1) is 0 Å². The highest BCUT2D eigenvalue weighted by Gasteiger charge is 2.35. The molecule has 3 amide bonds. The molecule has 2 aliphatic heterocycles. The van der Waals surface area contributed by atoms with Gasteiger partial charge in [-0.2, -0.15) is 0 Å². The highest BCUT2D eigenvalue weighted by atomic mass is 16.5. The van der Waals surface area contributed by atoms with Crippen molar-refractivity contribution in [2.45, 2.75) is 25.8 Å². The summed E-state index contributed by atoms with van der Waals surface area (Å²) in [6, 6.07) is 7.50. The maximum atomic E-state index is 12.4. The standard InChI is InChI=1S/C19H25N3O4/c1-26-16-4-2-13(3-5-16)11-22-12-15(10-17(22)23)19(25)21-18(24)14-6-8-20-9-7-14/h2-5,14-15,20H,6-12H2,1H3,(H,21,24,25). The summed E-state index contributed by atoms with van der Waals surface area (Å²) in [7, 11) is 1.60. The normalized spacial score (nSPS) is 20.9. The third-order valence-electron chi connectivity index (χ3n) is 5.07. The minimum atomic E-state index is -0.466. The molecular formula is C19H25N3O4. The number of piperidine rings is 1. The number of likely N-dealkylation sites (tertiary alicyclic amines) is 1. The predicted octanol–water partition coefficient (Wildman–Crippen LogP) is 0.686. The molecule has 26 heavy (non-hydrogen) atoms. The van der Waals surface area contributed by atoms with Gasteiger partial charge in [0.2, 0.25) is 17.7 Å². The first kappa shape index (κ1) is 18.4. The summed E-state index contributed by atoms with van der Waals surface area (Å²) >= 11 is 0. The fourth-order valence-corrected chi connectivity index (χ4v) is 3.46. The molecule has 2 saturated heterocycles. The Morgan fingerprint density at radius 2 is 1.81 bits per heavy atom. The van der Waals surface area contributed by atoms with Gasteiger partial charge in [0.1, 0.15) is 5.75 Å². The van der Waals surface area contributed by atoms with E-state index in [1.807, 2.05) is 24.3 Å². The second kappa shape index (κ2) is 8.31. The molecule has 2 aliphatic rings. The van der Waals surface area contributed by atoms with Gasteiger partial charge in [0.15, 0.2) is 0 Å². The van der Waals surface area contributed by atoms with E-state index >= 15 is 0 Å². The average molecular weight is 359 g/mol. The Hall–Kier alpha value is -2.41. The first-order valence-electron chi connectivity index (χ1n) is 9.03. The number of nitrogens with zero attached hydrogens (tertiary/aromatic N) is 1. The topological polar surface area (TPSA) is 87.7 Å². The van der Waals surface area contributed by atoms with Crippen LogP contribution in [0.1, 0.15) is 24.8 Å². The number of carbonyl (C=O) groups excluding carboxylic acids is 3. The van der Waals surface area contributed by atoms with Gasteiger partial charge in [-0.25, -0.2) is 0 Å². The maximum absolute atomic E-state index is 12.4. The Labute approximate surface area is 153 Å². The summed E-state index contributed by atoms with van der Waals surface area (Å²) in [5.74, 6) is -0.429. The van der Waals surface area contributed by atoms with Crippen LogP contribution in [0, 0.1) is 11.8 Å². The van der Waals surface area contributed by atoms with Crippen LogP contribution in [0.25, 0.3) is 0 Å². The first-order chi connectivity index (χ1) is 12.6. The van der Waals surface area contributed by atoms with Crippen molar-refractivity contribution in [2.75, 3.05) is 26.7 Å². The Balaban J connectivity index is 1.52. The molecule has 0 bridgehead atoms. The molecule has 0 aromatic heterocycles. The lowest BCUT2D eigenvalue weighted by molar-refractivity contribution is -0.135. The molecule has 2 N–H and O–H groups in total. The summed E-state index contributed by atoms with van der Waals surface area (Å²) < 4.78 is 5.13. The number of benzene rings is 1. The number of rotatable bonds is 5. The van der Waals surface area contributed by atoms with E-state index in [1.54, 1.807) is 12.0 Å². The largest absolute Gasteiger partial charge is 0.497 e. The van der Waals surface area contributed by atoms with E-state index in [1.165, 1.54) is 0 Å². The first-order valence-corrected chi connectivity index (χ1v) is 9.03. The van der Waals surface area contributed by atoms with Crippen molar-refractivity contribution in [3.05, 3.63) is 29.8 Å². The number of carbonyl (C=O) groups is 3. The number of amides is 3. The monoisotopic (exact) mass is 359 g/mol. The van der Waals surface area contributed by atoms with Crippen LogP contribution in [0.15, 0.2) is 24.3 Å². The van der Waals surface area contributed by atoms with Crippen LogP contribution in [-0.2, 0) is 20.9 Å². The molecule has 3 rings (SSSR count). The number of imide groups is 1. The number of ether oxygens (including phenoxy) is 1. The lowest BCUT2D eigenvalue weighted by Gasteiger charge is -2.22. The van der Waals surface area contributed by atoms with Crippen molar-refractivity contribution in [1.29, 1.82) is 0 Å². The van der Waals surface area contributed by atoms with Crippen molar-refractivity contribution in [1.82, 2.24) is 15.5 Å². The third-order valence-corrected chi connectivity index (χ3v) is 5.07. The zero-order valence-corrected chi connectivity index (χ0v) is 15.0. The molecular weight excluding hydrogens is 334 g/mol. The van der Waals surface area contributed by atoms with Crippen LogP contribution in [0.3, 0.4) is 0 Å². The summed E-state index contributed by atoms with van der Waals surface area (Å²) in [6.07, 6.45) is 1.64. The van der Waals surface area contributed by atoms with E-state index in [0.29, 0.717) is 13.1 Å². The van der Waals surface area contributed by atoms with Crippen LogP contribution in [0.2, 0.25) is 0 Å². The van der Waals surface area contributed by atoms with E-state index < -0.39 is 5.92 Å². The van der Waals surface area contributed by atoms with Crippen molar-refractivity contribution >= 4 is 17.7 Å². The molecule has 2 heterocycles. The fourth-order valence-electron chi connectivity index (χ4n) is 3.46. The highest BCUT2D eigenvalue weighted by Crippen LogP contribution is 2.22. The molecule has 2 fully saturated rings. The van der Waals surface area contributed by atoms with Crippen LogP contribution in [0.5, 0.6) is 5.75 Å². The number of nitrogens with one attached hydrogen (secondary N) is 2. The lowest BCUT2D eigenvalue weighted by atomic mass is 9.97. The Morgan fingerprint density at radius 1 is 1.15 bits per heavy atom. The van der Waals surface area contributed by atoms with E-state index in [4.69, 9.17) is 4.74 Å². The van der Waals surface area contributed by atoms with Crippen molar-refractivity contribution in [2.24, 2.45) is 11.8 Å². The summed E-state index contributed by atoms with van der Waals surface area (Å²) in [5.41, 5.74) is 0.978. The molecule has 1 unspecified atom stereocenters. The van der Waals surface area contributed by atoms with Gasteiger partial charge in [0.25, 0.3) is 0 Å². The van der Waals surface area contributed by atoms with E-state index in [2.05, 4.69) is 10.6 Å². The number of hydrogen-bond donors (Lipinski definition) is 2. The third kappa shape index (κ3) is 4.40. The van der Waals surface area contributed by atoms with Crippen LogP contribution >= 0.6 is 0 Å². The Morgan fingerprint density at radius 3 is 2.46 bits per heavy atom. The second-order valence-electron chi connectivity index (χ2n) is 6.90. The smallest absolute Gasteiger partial charge is 0.231 e. The quantitative estimate of drug-likeness (QED) is 0.755. The molecule has 0 saturated carbocycles. The van der Waals surface area contributed by atoms with Crippen molar-refractivity contribution in [3.63, 3.8) is 0 Å². The molecule has 0 spiro atoms. The van der Waals surface area contributed by atoms with Crippen LogP contribution < -0.4 is 15.4 Å². The zero-order chi connectivity index (χ0) is 18.5. The molecule has 0 radical (unpaired) electrons. The van der Waals surface area contributed by atoms with Gasteiger partial charge in [-0.1, -0.05) is 12.1 Å². The molecule has 7 heteroatoms. The Bertz CT molecular complexity index is 668. The van der Waals surface area contributed by atoms with Gasteiger partial charge >= 0.3 is 0 Å². The van der Waals surface area contributed by atoms with Gasteiger partial charge in [0.05, 0.1) is 13.0 Å². The zero-order valence-electron chi connectivity index (χ0n) is 15.0. The number of methoxy groups -OCH3 is 1. The molecule has 7 nitrogen and oxygen atoms in total. The second-order valence-corrected chi connectivity index (χ2v) is 6.90. The fraction of sp³-hybridized carbons (Fsp3) is 0.526. The molecule has 1 aromatic rings. The van der Waals surface area contributed by atoms with Crippen molar-refractivity contribution in [3.8, 4) is 5.75 Å².